The van der Waals surface area contributed by atoms with Crippen LogP contribution in [0.3, 0.4) is 0 Å². The molecule has 0 spiro atoms. The van der Waals surface area contributed by atoms with Crippen LogP contribution in [0.1, 0.15) is 26.2 Å². The van der Waals surface area contributed by atoms with Crippen molar-refractivity contribution in [2.75, 3.05) is 13.1 Å². The number of carbonyl (C=O) groups excluding carboxylic acids is 1. The van der Waals surface area contributed by atoms with E-state index in [1.165, 1.54) is 0 Å². The number of carboxylic acid groups (broad SMARTS) is 1. The predicted molar refractivity (Wildman–Crippen MR) is 59.0 cm³/mol. The number of aliphatic carboxylic acids is 1. The van der Waals surface area contributed by atoms with Gasteiger partial charge < -0.3 is 21.5 Å². The third-order valence-corrected chi connectivity index (χ3v) is 2.88. The predicted octanol–water partition coefficient (Wildman–Crippen LogP) is -0.112. The van der Waals surface area contributed by atoms with Crippen LogP contribution in [0.5, 0.6) is 0 Å². The summed E-state index contributed by atoms with van der Waals surface area (Å²) < 4.78 is 0. The molecule has 92 valence electrons. The van der Waals surface area contributed by atoms with Crippen LogP contribution in [0, 0.1) is 5.92 Å². The highest BCUT2D eigenvalue weighted by Crippen LogP contribution is 2.39. The Morgan fingerprint density at radius 1 is 1.50 bits per heavy atom. The molecule has 0 aromatic rings. The summed E-state index contributed by atoms with van der Waals surface area (Å²) in [7, 11) is 0. The van der Waals surface area contributed by atoms with E-state index < -0.39 is 17.5 Å². The first kappa shape index (κ1) is 12.8. The molecule has 0 saturated heterocycles. The minimum Gasteiger partial charge on any atom is -0.480 e. The van der Waals surface area contributed by atoms with Crippen molar-refractivity contribution in [2.45, 2.75) is 31.7 Å². The number of urea groups is 1. The topological polar surface area (TPSA) is 104 Å². The summed E-state index contributed by atoms with van der Waals surface area (Å²) in [5.74, 6) is -0.936. The number of nitrogens with one attached hydrogen (secondary N) is 2. The zero-order valence-corrected chi connectivity index (χ0v) is 9.45. The molecule has 1 fully saturated rings. The van der Waals surface area contributed by atoms with E-state index in [9.17, 15) is 9.59 Å². The molecule has 0 aromatic heterocycles. The van der Waals surface area contributed by atoms with Gasteiger partial charge in [-0.3, -0.25) is 0 Å². The van der Waals surface area contributed by atoms with Gasteiger partial charge in [0.1, 0.15) is 5.54 Å². The molecule has 5 N–H and O–H groups in total. The van der Waals surface area contributed by atoms with Crippen LogP contribution in [0.25, 0.3) is 0 Å². The van der Waals surface area contributed by atoms with Crippen LogP contribution in [-0.4, -0.2) is 35.7 Å². The summed E-state index contributed by atoms with van der Waals surface area (Å²) in [5.41, 5.74) is 4.14. The molecule has 0 bridgehead atoms. The Bertz CT molecular complexity index is 278. The number of hydrogen-bond donors (Lipinski definition) is 4. The normalized spacial score (nSPS) is 18.6. The summed E-state index contributed by atoms with van der Waals surface area (Å²) in [4.78, 5) is 22.5. The molecule has 2 amide bonds. The molecule has 6 heteroatoms. The lowest BCUT2D eigenvalue weighted by Gasteiger charge is -2.26. The molecular weight excluding hydrogens is 210 g/mol. The molecule has 0 aliphatic heterocycles. The van der Waals surface area contributed by atoms with Gasteiger partial charge in [-0.2, -0.15) is 0 Å². The van der Waals surface area contributed by atoms with Gasteiger partial charge in [0.15, 0.2) is 0 Å². The molecule has 1 unspecified atom stereocenters. The first-order valence-corrected chi connectivity index (χ1v) is 5.50. The van der Waals surface area contributed by atoms with E-state index in [0.29, 0.717) is 19.5 Å². The first-order chi connectivity index (χ1) is 7.50. The smallest absolute Gasteiger partial charge is 0.329 e. The van der Waals surface area contributed by atoms with Gasteiger partial charge >= 0.3 is 12.0 Å². The monoisotopic (exact) mass is 229 g/mol. The molecule has 1 aliphatic carbocycles. The zero-order valence-electron chi connectivity index (χ0n) is 9.45. The van der Waals surface area contributed by atoms with Gasteiger partial charge in [0.2, 0.25) is 0 Å². The third-order valence-electron chi connectivity index (χ3n) is 2.88. The van der Waals surface area contributed by atoms with Gasteiger partial charge in [0.05, 0.1) is 0 Å². The maximum Gasteiger partial charge on any atom is 0.329 e. The lowest BCUT2D eigenvalue weighted by molar-refractivity contribution is -0.144. The molecule has 16 heavy (non-hydrogen) atoms. The Kier molecular flexibility index (Phi) is 4.12. The molecule has 1 atom stereocenters. The lowest BCUT2D eigenvalue weighted by Crippen LogP contribution is -2.56. The molecule has 6 nitrogen and oxygen atoms in total. The van der Waals surface area contributed by atoms with E-state index in [-0.39, 0.29) is 5.92 Å². The summed E-state index contributed by atoms with van der Waals surface area (Å²) >= 11 is 0. The second-order valence-electron chi connectivity index (χ2n) is 4.30. The van der Waals surface area contributed by atoms with Crippen LogP contribution in [0.4, 0.5) is 4.79 Å². The SMILES string of the molecule is CC(NC(=O)NCCCN)(C(=O)O)C1CC1. The van der Waals surface area contributed by atoms with E-state index in [0.717, 1.165) is 12.8 Å². The minimum atomic E-state index is -1.15. The number of amides is 2. The molecule has 1 saturated carbocycles. The quantitative estimate of drug-likeness (QED) is 0.477. The van der Waals surface area contributed by atoms with Gasteiger partial charge in [-0.15, -0.1) is 0 Å². The van der Waals surface area contributed by atoms with E-state index >= 15 is 0 Å². The van der Waals surface area contributed by atoms with E-state index in [4.69, 9.17) is 10.8 Å². The van der Waals surface area contributed by atoms with E-state index in [2.05, 4.69) is 10.6 Å². The van der Waals surface area contributed by atoms with Crippen molar-refractivity contribution < 1.29 is 14.7 Å². The highest BCUT2D eigenvalue weighted by molar-refractivity contribution is 5.86. The lowest BCUT2D eigenvalue weighted by atomic mass is 9.96. The van der Waals surface area contributed by atoms with Crippen molar-refractivity contribution in [3.63, 3.8) is 0 Å². The maximum atomic E-state index is 11.4. The zero-order chi connectivity index (χ0) is 12.2. The van der Waals surface area contributed by atoms with Gasteiger partial charge in [-0.1, -0.05) is 0 Å². The average Bonchev–Trinajstić information content (AvgIpc) is 3.00. The Labute approximate surface area is 94.6 Å². The van der Waals surface area contributed by atoms with Crippen molar-refractivity contribution in [2.24, 2.45) is 11.7 Å². The van der Waals surface area contributed by atoms with Gasteiger partial charge in [-0.25, -0.2) is 9.59 Å². The fourth-order valence-electron chi connectivity index (χ4n) is 1.57. The fourth-order valence-corrected chi connectivity index (χ4v) is 1.57. The standard InChI is InChI=1S/C10H19N3O3/c1-10(8(14)15,7-3-4-7)13-9(16)12-6-2-5-11/h7H,2-6,11H2,1H3,(H,14,15)(H2,12,13,16). The number of carbonyl (C=O) groups is 2. The van der Waals surface area contributed by atoms with Crippen LogP contribution in [0.2, 0.25) is 0 Å². The average molecular weight is 229 g/mol. The van der Waals surface area contributed by atoms with Crippen molar-refractivity contribution in [3.8, 4) is 0 Å². The third kappa shape index (κ3) is 3.10. The van der Waals surface area contributed by atoms with Crippen LogP contribution >= 0.6 is 0 Å². The maximum absolute atomic E-state index is 11.4. The van der Waals surface area contributed by atoms with Crippen molar-refractivity contribution in [1.29, 1.82) is 0 Å². The van der Waals surface area contributed by atoms with Crippen molar-refractivity contribution in [3.05, 3.63) is 0 Å². The molecule has 0 aromatic carbocycles. The summed E-state index contributed by atoms with van der Waals surface area (Å²) in [6.45, 7) is 2.51. The highest BCUT2D eigenvalue weighted by Gasteiger charge is 2.48. The molecule has 0 radical (unpaired) electrons. The van der Waals surface area contributed by atoms with Gasteiger partial charge in [0.25, 0.3) is 0 Å². The molecule has 1 aliphatic rings. The van der Waals surface area contributed by atoms with E-state index in [1.807, 2.05) is 0 Å². The van der Waals surface area contributed by atoms with Gasteiger partial charge in [0, 0.05) is 6.54 Å². The fraction of sp³-hybridized carbons (Fsp3) is 0.800. The minimum absolute atomic E-state index is 0.0465. The molecule has 0 heterocycles. The summed E-state index contributed by atoms with van der Waals surface area (Å²) in [6, 6.07) is -0.440. The Hall–Kier alpha value is -1.30. The number of rotatable bonds is 6. The molecular formula is C10H19N3O3. The Morgan fingerprint density at radius 2 is 2.12 bits per heavy atom. The molecule has 1 rings (SSSR count). The number of hydrogen-bond acceptors (Lipinski definition) is 3. The number of nitrogens with two attached hydrogens (primary N) is 1. The Balaban J connectivity index is 2.43. The largest absolute Gasteiger partial charge is 0.480 e. The van der Waals surface area contributed by atoms with E-state index in [1.54, 1.807) is 6.92 Å². The number of carboxylic acids is 1. The summed E-state index contributed by atoms with van der Waals surface area (Å²) in [6.07, 6.45) is 2.39. The Morgan fingerprint density at radius 3 is 2.56 bits per heavy atom. The highest BCUT2D eigenvalue weighted by atomic mass is 16.4. The van der Waals surface area contributed by atoms with Crippen LogP contribution in [-0.2, 0) is 4.79 Å². The summed E-state index contributed by atoms with van der Waals surface area (Å²) in [5, 5.41) is 14.2. The second-order valence-corrected chi connectivity index (χ2v) is 4.30. The van der Waals surface area contributed by atoms with Crippen molar-refractivity contribution in [1.82, 2.24) is 10.6 Å². The van der Waals surface area contributed by atoms with Crippen LogP contribution in [0.15, 0.2) is 0 Å². The van der Waals surface area contributed by atoms with Crippen molar-refractivity contribution >= 4 is 12.0 Å². The van der Waals surface area contributed by atoms with Crippen LogP contribution < -0.4 is 16.4 Å². The second kappa shape index (κ2) is 5.16. The van der Waals surface area contributed by atoms with Gasteiger partial charge in [-0.05, 0) is 38.6 Å². The first-order valence-electron chi connectivity index (χ1n) is 5.50.